The van der Waals surface area contributed by atoms with Crippen LogP contribution in [-0.2, 0) is 13.6 Å². The fourth-order valence-corrected chi connectivity index (χ4v) is 4.01. The van der Waals surface area contributed by atoms with E-state index < -0.39 is 0 Å². The first-order chi connectivity index (χ1) is 12.3. The molecule has 2 aliphatic rings. The molecule has 2 aromatic rings. The molecule has 4 rings (SSSR count). The Morgan fingerprint density at radius 1 is 1.00 bits per heavy atom. The standard InChI is InChI=1S/C18H27N7/c1-23-17(14-24-9-3-2-4-10-24)21-22-18(23)15-5-11-25(12-6-15)16-13-19-7-8-20-16/h7-8,13,15H,2-6,9-12,14H2,1H3. The highest BCUT2D eigenvalue weighted by molar-refractivity contribution is 5.35. The number of piperidine rings is 2. The first kappa shape index (κ1) is 16.4. The summed E-state index contributed by atoms with van der Waals surface area (Å²) in [5, 5.41) is 9.04. The van der Waals surface area contributed by atoms with E-state index >= 15 is 0 Å². The van der Waals surface area contributed by atoms with Crippen molar-refractivity contribution in [2.24, 2.45) is 7.05 Å². The molecule has 0 aliphatic carbocycles. The Balaban J connectivity index is 1.38. The summed E-state index contributed by atoms with van der Waals surface area (Å²) in [5.41, 5.74) is 0. The van der Waals surface area contributed by atoms with Gasteiger partial charge in [0.1, 0.15) is 17.5 Å². The van der Waals surface area contributed by atoms with Crippen LogP contribution in [0.2, 0.25) is 0 Å². The quantitative estimate of drug-likeness (QED) is 0.847. The highest BCUT2D eigenvalue weighted by Crippen LogP contribution is 2.28. The second-order valence-corrected chi connectivity index (χ2v) is 7.20. The molecule has 7 heteroatoms. The fourth-order valence-electron chi connectivity index (χ4n) is 4.01. The van der Waals surface area contributed by atoms with E-state index in [2.05, 4.69) is 41.6 Å². The third-order valence-corrected chi connectivity index (χ3v) is 5.55. The largest absolute Gasteiger partial charge is 0.355 e. The van der Waals surface area contributed by atoms with Crippen LogP contribution in [0.5, 0.6) is 0 Å². The maximum absolute atomic E-state index is 4.54. The van der Waals surface area contributed by atoms with E-state index in [0.717, 1.165) is 49.9 Å². The summed E-state index contributed by atoms with van der Waals surface area (Å²) in [5.74, 6) is 3.71. The summed E-state index contributed by atoms with van der Waals surface area (Å²) < 4.78 is 2.23. The first-order valence-electron chi connectivity index (χ1n) is 9.43. The zero-order chi connectivity index (χ0) is 17.1. The number of hydrogen-bond donors (Lipinski definition) is 0. The molecule has 0 saturated carbocycles. The Labute approximate surface area is 149 Å². The third kappa shape index (κ3) is 3.66. The van der Waals surface area contributed by atoms with Crippen molar-refractivity contribution in [2.75, 3.05) is 31.1 Å². The minimum atomic E-state index is 0.487. The zero-order valence-corrected chi connectivity index (χ0v) is 15.0. The molecule has 2 fully saturated rings. The summed E-state index contributed by atoms with van der Waals surface area (Å²) in [6, 6.07) is 0. The van der Waals surface area contributed by atoms with E-state index in [9.17, 15) is 0 Å². The van der Waals surface area contributed by atoms with Crippen molar-refractivity contribution in [3.05, 3.63) is 30.2 Å². The van der Waals surface area contributed by atoms with Crippen molar-refractivity contribution in [1.29, 1.82) is 0 Å². The van der Waals surface area contributed by atoms with Crippen LogP contribution in [0.4, 0.5) is 5.82 Å². The minimum absolute atomic E-state index is 0.487. The Kier molecular flexibility index (Phi) is 4.92. The van der Waals surface area contributed by atoms with Gasteiger partial charge in [0.2, 0.25) is 0 Å². The molecule has 0 radical (unpaired) electrons. The van der Waals surface area contributed by atoms with Crippen molar-refractivity contribution >= 4 is 5.82 Å². The lowest BCUT2D eigenvalue weighted by atomic mass is 9.96. The van der Waals surface area contributed by atoms with Gasteiger partial charge < -0.3 is 9.47 Å². The smallest absolute Gasteiger partial charge is 0.147 e. The molecule has 0 spiro atoms. The van der Waals surface area contributed by atoms with Crippen LogP contribution in [0.15, 0.2) is 18.6 Å². The van der Waals surface area contributed by atoms with Crippen LogP contribution in [-0.4, -0.2) is 55.8 Å². The molecule has 0 aromatic carbocycles. The van der Waals surface area contributed by atoms with E-state index in [0.29, 0.717) is 5.92 Å². The van der Waals surface area contributed by atoms with E-state index in [4.69, 9.17) is 0 Å². The van der Waals surface area contributed by atoms with E-state index in [1.165, 1.54) is 32.4 Å². The highest BCUT2D eigenvalue weighted by atomic mass is 15.3. The molecule has 0 unspecified atom stereocenters. The molecule has 4 heterocycles. The van der Waals surface area contributed by atoms with Crippen LogP contribution in [0, 0.1) is 0 Å². The summed E-state index contributed by atoms with van der Waals surface area (Å²) in [6.07, 6.45) is 11.5. The number of nitrogens with zero attached hydrogens (tertiary/aromatic N) is 7. The second kappa shape index (κ2) is 7.47. The minimum Gasteiger partial charge on any atom is -0.355 e. The molecule has 25 heavy (non-hydrogen) atoms. The Bertz CT molecular complexity index is 670. The van der Waals surface area contributed by atoms with Gasteiger partial charge in [0, 0.05) is 38.4 Å². The summed E-state index contributed by atoms with van der Waals surface area (Å²) >= 11 is 0. The van der Waals surface area contributed by atoms with Crippen LogP contribution in [0.3, 0.4) is 0 Å². The summed E-state index contributed by atoms with van der Waals surface area (Å²) in [7, 11) is 2.13. The van der Waals surface area contributed by atoms with Crippen molar-refractivity contribution in [3.63, 3.8) is 0 Å². The Morgan fingerprint density at radius 3 is 2.52 bits per heavy atom. The van der Waals surface area contributed by atoms with E-state index in [-0.39, 0.29) is 0 Å². The maximum atomic E-state index is 4.54. The predicted octanol–water partition coefficient (Wildman–Crippen LogP) is 1.97. The van der Waals surface area contributed by atoms with Gasteiger partial charge in [-0.05, 0) is 38.8 Å². The number of aromatic nitrogens is 5. The van der Waals surface area contributed by atoms with Gasteiger partial charge in [-0.15, -0.1) is 10.2 Å². The molecule has 2 aliphatic heterocycles. The normalized spacial score (nSPS) is 20.1. The fraction of sp³-hybridized carbons (Fsp3) is 0.667. The van der Waals surface area contributed by atoms with Gasteiger partial charge in [-0.2, -0.15) is 0 Å². The molecule has 7 nitrogen and oxygen atoms in total. The number of hydrogen-bond acceptors (Lipinski definition) is 6. The zero-order valence-electron chi connectivity index (χ0n) is 15.0. The Morgan fingerprint density at radius 2 is 1.80 bits per heavy atom. The molecule has 2 saturated heterocycles. The maximum Gasteiger partial charge on any atom is 0.147 e. The van der Waals surface area contributed by atoms with Gasteiger partial charge in [-0.3, -0.25) is 9.88 Å². The van der Waals surface area contributed by atoms with Crippen molar-refractivity contribution < 1.29 is 0 Å². The number of likely N-dealkylation sites (tertiary alicyclic amines) is 1. The lowest BCUT2D eigenvalue weighted by molar-refractivity contribution is 0.213. The van der Waals surface area contributed by atoms with Crippen LogP contribution >= 0.6 is 0 Å². The topological polar surface area (TPSA) is 63.0 Å². The molecule has 0 atom stereocenters. The molecule has 134 valence electrons. The van der Waals surface area contributed by atoms with Crippen molar-refractivity contribution in [1.82, 2.24) is 29.6 Å². The summed E-state index contributed by atoms with van der Waals surface area (Å²) in [6.45, 7) is 5.31. The molecular weight excluding hydrogens is 314 g/mol. The monoisotopic (exact) mass is 341 g/mol. The van der Waals surface area contributed by atoms with E-state index in [1.54, 1.807) is 12.4 Å². The molecule has 2 aromatic heterocycles. The van der Waals surface area contributed by atoms with Gasteiger partial charge in [0.25, 0.3) is 0 Å². The number of rotatable bonds is 4. The second-order valence-electron chi connectivity index (χ2n) is 7.20. The number of anilines is 1. The lowest BCUT2D eigenvalue weighted by Crippen LogP contribution is -2.34. The van der Waals surface area contributed by atoms with Crippen molar-refractivity contribution in [2.45, 2.75) is 44.6 Å². The average molecular weight is 341 g/mol. The molecule has 0 bridgehead atoms. The predicted molar refractivity (Wildman–Crippen MR) is 96.4 cm³/mol. The average Bonchev–Trinajstić information content (AvgIpc) is 3.04. The van der Waals surface area contributed by atoms with Crippen LogP contribution in [0.1, 0.15) is 49.7 Å². The molecule has 0 amide bonds. The molecular formula is C18H27N7. The van der Waals surface area contributed by atoms with Crippen LogP contribution in [0.25, 0.3) is 0 Å². The summed E-state index contributed by atoms with van der Waals surface area (Å²) in [4.78, 5) is 13.4. The van der Waals surface area contributed by atoms with Gasteiger partial charge in [0.05, 0.1) is 12.7 Å². The van der Waals surface area contributed by atoms with Gasteiger partial charge in [0.15, 0.2) is 0 Å². The van der Waals surface area contributed by atoms with Crippen LogP contribution < -0.4 is 4.90 Å². The molecule has 0 N–H and O–H groups in total. The van der Waals surface area contributed by atoms with Gasteiger partial charge in [-0.1, -0.05) is 6.42 Å². The first-order valence-corrected chi connectivity index (χ1v) is 9.43. The van der Waals surface area contributed by atoms with Gasteiger partial charge in [-0.25, -0.2) is 4.98 Å². The highest BCUT2D eigenvalue weighted by Gasteiger charge is 2.26. The van der Waals surface area contributed by atoms with Crippen molar-refractivity contribution in [3.8, 4) is 0 Å². The lowest BCUT2D eigenvalue weighted by Gasteiger charge is -2.32. The Hall–Kier alpha value is -2.02. The van der Waals surface area contributed by atoms with Gasteiger partial charge >= 0.3 is 0 Å². The van der Waals surface area contributed by atoms with E-state index in [1.807, 2.05) is 6.20 Å². The third-order valence-electron chi connectivity index (χ3n) is 5.55. The SMILES string of the molecule is Cn1c(CN2CCCCC2)nnc1C1CCN(c2cnccn2)CC1.